The fourth-order valence-corrected chi connectivity index (χ4v) is 3.40. The molecule has 2 aliphatic rings. The van der Waals surface area contributed by atoms with Gasteiger partial charge in [0.1, 0.15) is 54.6 Å². The van der Waals surface area contributed by atoms with Gasteiger partial charge in [0.2, 0.25) is 6.29 Å². The third-order valence-electron chi connectivity index (χ3n) is 5.23. The van der Waals surface area contributed by atoms with Crippen LogP contribution >= 0.6 is 0 Å². The SMILES string of the molecule is Cc1ccc(O[C@@H]2O[C@H](CO)[C@H](O[C@H]3O[C@H](CO)[C@H](O)[C@H](O)[C@H]3O)[C@H](O)[C@H]2O)cc1. The Kier molecular flexibility index (Phi) is 7.63. The highest BCUT2D eigenvalue weighted by Gasteiger charge is 2.51. The second-order valence-electron chi connectivity index (χ2n) is 7.44. The number of aliphatic hydroxyl groups excluding tert-OH is 7. The summed E-state index contributed by atoms with van der Waals surface area (Å²) < 4.78 is 21.8. The molecule has 3 rings (SSSR count). The van der Waals surface area contributed by atoms with Gasteiger partial charge in [-0.3, -0.25) is 0 Å². The maximum atomic E-state index is 10.5. The van der Waals surface area contributed by atoms with Crippen LogP contribution in [0.25, 0.3) is 0 Å². The van der Waals surface area contributed by atoms with Gasteiger partial charge in [0.05, 0.1) is 13.2 Å². The van der Waals surface area contributed by atoms with Crippen molar-refractivity contribution in [3.05, 3.63) is 29.8 Å². The van der Waals surface area contributed by atoms with Gasteiger partial charge in [-0.1, -0.05) is 17.7 Å². The average Bonchev–Trinajstić information content (AvgIpc) is 2.74. The number of aliphatic hydroxyl groups is 7. The predicted octanol–water partition coefficient (Wildman–Crippen LogP) is -3.00. The molecule has 1 aromatic carbocycles. The minimum absolute atomic E-state index is 0.377. The summed E-state index contributed by atoms with van der Waals surface area (Å²) in [7, 11) is 0. The Hall–Kier alpha value is -1.38. The van der Waals surface area contributed by atoms with E-state index in [4.69, 9.17) is 18.9 Å². The Balaban J connectivity index is 1.71. The molecular weight excluding hydrogens is 404 g/mol. The van der Waals surface area contributed by atoms with Crippen molar-refractivity contribution in [2.45, 2.75) is 68.3 Å². The number of hydrogen-bond donors (Lipinski definition) is 7. The molecule has 0 spiro atoms. The summed E-state index contributed by atoms with van der Waals surface area (Å²) >= 11 is 0. The highest BCUT2D eigenvalue weighted by Crippen LogP contribution is 2.30. The zero-order chi connectivity index (χ0) is 22.0. The van der Waals surface area contributed by atoms with E-state index in [2.05, 4.69) is 0 Å². The first-order chi connectivity index (χ1) is 14.3. The van der Waals surface area contributed by atoms with E-state index in [9.17, 15) is 35.7 Å². The highest BCUT2D eigenvalue weighted by atomic mass is 16.7. The number of benzene rings is 1. The molecule has 1 aromatic rings. The zero-order valence-corrected chi connectivity index (χ0v) is 16.3. The van der Waals surface area contributed by atoms with E-state index in [0.717, 1.165) is 5.56 Å². The molecule has 11 heteroatoms. The molecule has 2 saturated heterocycles. The van der Waals surface area contributed by atoms with Crippen LogP contribution in [0.5, 0.6) is 5.75 Å². The van der Waals surface area contributed by atoms with Crippen molar-refractivity contribution in [1.29, 1.82) is 0 Å². The topological polar surface area (TPSA) is 179 Å². The largest absolute Gasteiger partial charge is 0.462 e. The van der Waals surface area contributed by atoms with Crippen molar-refractivity contribution in [2.24, 2.45) is 0 Å². The normalized spacial score (nSPS) is 42.1. The van der Waals surface area contributed by atoms with Gasteiger partial charge in [-0.2, -0.15) is 0 Å². The summed E-state index contributed by atoms with van der Waals surface area (Å²) in [4.78, 5) is 0. The second kappa shape index (κ2) is 9.83. The molecule has 0 unspecified atom stereocenters. The smallest absolute Gasteiger partial charge is 0.229 e. The van der Waals surface area contributed by atoms with Gasteiger partial charge >= 0.3 is 0 Å². The molecule has 0 radical (unpaired) electrons. The standard InChI is InChI=1S/C19H28O11/c1-8-2-4-9(5-3-8)27-18-16(26)14(24)17(11(7-21)29-18)30-19-15(25)13(23)12(22)10(6-20)28-19/h2-5,10-26H,6-7H2,1H3/t10-,11-,12+,13+,14-,15-,16-,17+,18-,19-/m1/s1. The molecule has 0 bridgehead atoms. The van der Waals surface area contributed by atoms with Gasteiger partial charge in [-0.15, -0.1) is 0 Å². The minimum atomic E-state index is -1.71. The van der Waals surface area contributed by atoms with E-state index in [1.54, 1.807) is 24.3 Å². The van der Waals surface area contributed by atoms with Crippen LogP contribution in [-0.2, 0) is 14.2 Å². The summed E-state index contributed by atoms with van der Waals surface area (Å²) in [6, 6.07) is 6.88. The van der Waals surface area contributed by atoms with Crippen molar-refractivity contribution in [3.8, 4) is 5.75 Å². The van der Waals surface area contributed by atoms with Crippen molar-refractivity contribution < 1.29 is 54.7 Å². The number of hydrogen-bond acceptors (Lipinski definition) is 11. The first-order valence-corrected chi connectivity index (χ1v) is 9.58. The number of rotatable bonds is 6. The maximum absolute atomic E-state index is 10.5. The van der Waals surface area contributed by atoms with E-state index >= 15 is 0 Å². The first-order valence-electron chi connectivity index (χ1n) is 9.58. The Labute approximate surface area is 172 Å². The Morgan fingerprint density at radius 2 is 1.30 bits per heavy atom. The molecule has 170 valence electrons. The molecule has 0 aliphatic carbocycles. The molecule has 0 saturated carbocycles. The van der Waals surface area contributed by atoms with Gasteiger partial charge in [0, 0.05) is 0 Å². The van der Waals surface area contributed by atoms with E-state index in [-0.39, 0.29) is 0 Å². The molecule has 30 heavy (non-hydrogen) atoms. The van der Waals surface area contributed by atoms with E-state index in [1.807, 2.05) is 6.92 Å². The predicted molar refractivity (Wildman–Crippen MR) is 98.2 cm³/mol. The fraction of sp³-hybridized carbons (Fsp3) is 0.684. The third-order valence-corrected chi connectivity index (χ3v) is 5.23. The van der Waals surface area contributed by atoms with E-state index < -0.39 is 74.6 Å². The molecule has 10 atom stereocenters. The second-order valence-corrected chi connectivity index (χ2v) is 7.44. The van der Waals surface area contributed by atoms with Crippen LogP contribution in [0.4, 0.5) is 0 Å². The van der Waals surface area contributed by atoms with Gasteiger partial charge in [0.25, 0.3) is 0 Å². The van der Waals surface area contributed by atoms with Crippen LogP contribution in [-0.4, -0.2) is 110 Å². The van der Waals surface area contributed by atoms with Crippen LogP contribution in [0.3, 0.4) is 0 Å². The van der Waals surface area contributed by atoms with Gasteiger partial charge < -0.3 is 54.7 Å². The van der Waals surface area contributed by atoms with E-state index in [0.29, 0.717) is 5.75 Å². The van der Waals surface area contributed by atoms with Crippen molar-refractivity contribution in [2.75, 3.05) is 13.2 Å². The monoisotopic (exact) mass is 432 g/mol. The zero-order valence-electron chi connectivity index (χ0n) is 16.3. The minimum Gasteiger partial charge on any atom is -0.462 e. The lowest BCUT2D eigenvalue weighted by atomic mass is 9.97. The summed E-state index contributed by atoms with van der Waals surface area (Å²) in [5, 5.41) is 69.8. The lowest BCUT2D eigenvalue weighted by Gasteiger charge is -2.45. The number of aryl methyl sites for hydroxylation is 1. The van der Waals surface area contributed by atoms with Crippen LogP contribution in [0.15, 0.2) is 24.3 Å². The molecule has 7 N–H and O–H groups in total. The van der Waals surface area contributed by atoms with E-state index in [1.165, 1.54) is 0 Å². The summed E-state index contributed by atoms with van der Waals surface area (Å²) in [6.07, 6.45) is -14.8. The fourth-order valence-electron chi connectivity index (χ4n) is 3.40. The Morgan fingerprint density at radius 3 is 1.90 bits per heavy atom. The molecule has 2 heterocycles. The van der Waals surface area contributed by atoms with Crippen LogP contribution in [0.2, 0.25) is 0 Å². The molecule has 11 nitrogen and oxygen atoms in total. The quantitative estimate of drug-likeness (QED) is 0.244. The highest BCUT2D eigenvalue weighted by molar-refractivity contribution is 5.26. The first kappa shape index (κ1) is 23.3. The Bertz CT molecular complexity index is 667. The summed E-state index contributed by atoms with van der Waals surface area (Å²) in [6.45, 7) is 0.606. The van der Waals surface area contributed by atoms with Gasteiger partial charge in [-0.05, 0) is 19.1 Å². The number of ether oxygens (including phenoxy) is 4. The van der Waals surface area contributed by atoms with Crippen LogP contribution in [0, 0.1) is 6.92 Å². The van der Waals surface area contributed by atoms with Crippen LogP contribution in [0.1, 0.15) is 5.56 Å². The summed E-state index contributed by atoms with van der Waals surface area (Å²) in [5.74, 6) is 0.377. The third kappa shape index (κ3) is 4.75. The molecule has 2 fully saturated rings. The Morgan fingerprint density at radius 1 is 0.733 bits per heavy atom. The molecule has 0 amide bonds. The summed E-state index contributed by atoms with van der Waals surface area (Å²) in [5.41, 5.74) is 0.994. The van der Waals surface area contributed by atoms with Gasteiger partial charge in [-0.25, -0.2) is 0 Å². The van der Waals surface area contributed by atoms with Crippen molar-refractivity contribution in [1.82, 2.24) is 0 Å². The molecule has 2 aliphatic heterocycles. The molecule has 0 aromatic heterocycles. The van der Waals surface area contributed by atoms with Crippen molar-refractivity contribution >= 4 is 0 Å². The van der Waals surface area contributed by atoms with Crippen LogP contribution < -0.4 is 4.74 Å². The lowest BCUT2D eigenvalue weighted by Crippen LogP contribution is -2.65. The average molecular weight is 432 g/mol. The van der Waals surface area contributed by atoms with Crippen molar-refractivity contribution in [3.63, 3.8) is 0 Å². The maximum Gasteiger partial charge on any atom is 0.229 e. The lowest BCUT2D eigenvalue weighted by molar-refractivity contribution is -0.352. The molecular formula is C19H28O11. The van der Waals surface area contributed by atoms with Gasteiger partial charge in [0.15, 0.2) is 6.29 Å².